The molecule has 2 heterocycles. The van der Waals surface area contributed by atoms with Crippen molar-refractivity contribution in [1.29, 1.82) is 0 Å². The molecule has 0 radical (unpaired) electrons. The summed E-state index contributed by atoms with van der Waals surface area (Å²) in [5, 5.41) is 1.22. The highest BCUT2D eigenvalue weighted by atomic mass is 32.2. The molecule has 0 bridgehead atoms. The van der Waals surface area contributed by atoms with Crippen molar-refractivity contribution in [2.45, 2.75) is 36.3 Å². The minimum absolute atomic E-state index is 0.271. The molecular formula is C11H20N2OS2. The van der Waals surface area contributed by atoms with E-state index >= 15 is 0 Å². The topological polar surface area (TPSA) is 47.3 Å². The third-order valence-corrected chi connectivity index (χ3v) is 6.30. The summed E-state index contributed by atoms with van der Waals surface area (Å²) < 4.78 is 5.42. The summed E-state index contributed by atoms with van der Waals surface area (Å²) >= 11 is 4.09. The van der Waals surface area contributed by atoms with E-state index in [1.165, 1.54) is 17.1 Å². The molecule has 0 spiro atoms. The first kappa shape index (κ1) is 12.6. The lowest BCUT2D eigenvalue weighted by Gasteiger charge is -2.36. The van der Waals surface area contributed by atoms with Crippen molar-refractivity contribution in [2.24, 2.45) is 5.84 Å². The Hall–Kier alpha value is 0.160. The highest BCUT2D eigenvalue weighted by Crippen LogP contribution is 2.36. The fourth-order valence-electron chi connectivity index (χ4n) is 2.24. The average molecular weight is 260 g/mol. The van der Waals surface area contributed by atoms with E-state index < -0.39 is 0 Å². The van der Waals surface area contributed by atoms with Gasteiger partial charge in [-0.15, -0.1) is 0 Å². The molecule has 0 aliphatic carbocycles. The SMILES string of the molecule is CC1SCCSC1C(NN)C1=COCCC1. The van der Waals surface area contributed by atoms with Gasteiger partial charge in [0.2, 0.25) is 0 Å². The van der Waals surface area contributed by atoms with Crippen molar-refractivity contribution in [3.8, 4) is 0 Å². The Morgan fingerprint density at radius 2 is 2.31 bits per heavy atom. The van der Waals surface area contributed by atoms with Gasteiger partial charge in [0, 0.05) is 22.0 Å². The van der Waals surface area contributed by atoms with Gasteiger partial charge in [-0.1, -0.05) is 6.92 Å². The second kappa shape index (κ2) is 6.19. The van der Waals surface area contributed by atoms with E-state index in [1.807, 2.05) is 29.8 Å². The van der Waals surface area contributed by atoms with Crippen LogP contribution in [-0.4, -0.2) is 34.7 Å². The monoisotopic (exact) mass is 260 g/mol. The van der Waals surface area contributed by atoms with Gasteiger partial charge >= 0.3 is 0 Å². The Morgan fingerprint density at radius 1 is 1.50 bits per heavy atom. The first-order valence-electron chi connectivity index (χ1n) is 5.83. The van der Waals surface area contributed by atoms with E-state index in [4.69, 9.17) is 10.6 Å². The van der Waals surface area contributed by atoms with Gasteiger partial charge in [0.25, 0.3) is 0 Å². The van der Waals surface area contributed by atoms with Gasteiger partial charge in [0.05, 0.1) is 18.9 Å². The lowest BCUT2D eigenvalue weighted by Crippen LogP contribution is -2.49. The van der Waals surface area contributed by atoms with Crippen LogP contribution >= 0.6 is 23.5 Å². The summed E-state index contributed by atoms with van der Waals surface area (Å²) in [6.45, 7) is 3.15. The van der Waals surface area contributed by atoms with Crippen LogP contribution < -0.4 is 11.3 Å². The highest BCUT2D eigenvalue weighted by Gasteiger charge is 2.32. The molecule has 0 aromatic rings. The van der Waals surface area contributed by atoms with Crippen LogP contribution in [-0.2, 0) is 4.74 Å². The van der Waals surface area contributed by atoms with Crippen LogP contribution in [0.4, 0.5) is 0 Å². The van der Waals surface area contributed by atoms with Gasteiger partial charge < -0.3 is 4.74 Å². The van der Waals surface area contributed by atoms with Crippen LogP contribution in [0.2, 0.25) is 0 Å². The molecule has 5 heteroatoms. The molecule has 3 unspecified atom stereocenters. The van der Waals surface area contributed by atoms with Crippen LogP contribution in [0.5, 0.6) is 0 Å². The number of thioether (sulfide) groups is 2. The zero-order chi connectivity index (χ0) is 11.4. The van der Waals surface area contributed by atoms with Gasteiger partial charge in [0.1, 0.15) is 0 Å². The predicted molar refractivity (Wildman–Crippen MR) is 72.5 cm³/mol. The summed E-state index contributed by atoms with van der Waals surface area (Å²) in [5.41, 5.74) is 4.32. The molecule has 1 saturated heterocycles. The molecule has 3 nitrogen and oxygen atoms in total. The van der Waals surface area contributed by atoms with Crippen LogP contribution in [0.25, 0.3) is 0 Å². The van der Waals surface area contributed by atoms with Crippen molar-refractivity contribution < 1.29 is 4.74 Å². The highest BCUT2D eigenvalue weighted by molar-refractivity contribution is 8.07. The molecule has 3 atom stereocenters. The van der Waals surface area contributed by atoms with Crippen LogP contribution in [0, 0.1) is 0 Å². The van der Waals surface area contributed by atoms with Crippen LogP contribution in [0.1, 0.15) is 19.8 Å². The maximum absolute atomic E-state index is 5.73. The van der Waals surface area contributed by atoms with Gasteiger partial charge in [-0.3, -0.25) is 11.3 Å². The molecule has 2 aliphatic rings. The molecule has 2 aliphatic heterocycles. The van der Waals surface area contributed by atoms with Crippen molar-refractivity contribution >= 4 is 23.5 Å². The smallest absolute Gasteiger partial charge is 0.0876 e. The molecule has 3 N–H and O–H groups in total. The number of rotatable bonds is 3. The Kier molecular flexibility index (Phi) is 4.88. The van der Waals surface area contributed by atoms with Gasteiger partial charge in [-0.25, -0.2) is 0 Å². The summed E-state index contributed by atoms with van der Waals surface area (Å²) in [5.74, 6) is 8.21. The van der Waals surface area contributed by atoms with Crippen molar-refractivity contribution in [2.75, 3.05) is 18.1 Å². The summed E-state index contributed by atoms with van der Waals surface area (Å²) in [7, 11) is 0. The molecule has 0 amide bonds. The fraction of sp³-hybridized carbons (Fsp3) is 0.818. The number of hydrazine groups is 1. The van der Waals surface area contributed by atoms with E-state index in [1.54, 1.807) is 0 Å². The first-order valence-corrected chi connectivity index (χ1v) is 7.92. The van der Waals surface area contributed by atoms with Crippen molar-refractivity contribution in [3.05, 3.63) is 11.8 Å². The summed E-state index contributed by atoms with van der Waals surface area (Å²) in [6, 6.07) is 0.271. The maximum atomic E-state index is 5.73. The van der Waals surface area contributed by atoms with Gasteiger partial charge in [0.15, 0.2) is 0 Å². The third-order valence-electron chi connectivity index (χ3n) is 3.11. The summed E-state index contributed by atoms with van der Waals surface area (Å²) in [4.78, 5) is 0. The molecule has 1 fully saturated rings. The normalized spacial score (nSPS) is 32.8. The Labute approximate surface area is 106 Å². The van der Waals surface area contributed by atoms with Crippen molar-refractivity contribution in [3.63, 3.8) is 0 Å². The Balaban J connectivity index is 2.05. The van der Waals surface area contributed by atoms with E-state index in [0.717, 1.165) is 19.4 Å². The predicted octanol–water partition coefficient (Wildman–Crippen LogP) is 1.75. The van der Waals surface area contributed by atoms with E-state index in [0.29, 0.717) is 10.5 Å². The van der Waals surface area contributed by atoms with E-state index in [9.17, 15) is 0 Å². The second-order valence-electron chi connectivity index (χ2n) is 4.22. The Bertz CT molecular complexity index is 260. The van der Waals surface area contributed by atoms with Gasteiger partial charge in [-0.2, -0.15) is 23.5 Å². The lowest BCUT2D eigenvalue weighted by atomic mass is 9.98. The number of ether oxygens (including phenoxy) is 1. The largest absolute Gasteiger partial charge is 0.501 e. The number of hydrogen-bond acceptors (Lipinski definition) is 5. The van der Waals surface area contributed by atoms with Crippen molar-refractivity contribution in [1.82, 2.24) is 5.43 Å². The first-order chi connectivity index (χ1) is 7.83. The average Bonchev–Trinajstić information content (AvgIpc) is 2.34. The van der Waals surface area contributed by atoms with Crippen LogP contribution in [0.3, 0.4) is 0 Å². The standard InChI is InChI=1S/C11H20N2OS2/c1-8-11(16-6-5-15-8)10(13-12)9-3-2-4-14-7-9/h7-8,10-11,13H,2-6,12H2,1H3. The molecule has 2 rings (SSSR count). The lowest BCUT2D eigenvalue weighted by molar-refractivity contribution is 0.219. The van der Waals surface area contributed by atoms with E-state index in [-0.39, 0.29) is 6.04 Å². The summed E-state index contributed by atoms with van der Waals surface area (Å²) in [6.07, 6.45) is 4.15. The van der Waals surface area contributed by atoms with Crippen LogP contribution in [0.15, 0.2) is 11.8 Å². The fourth-order valence-corrected chi connectivity index (χ4v) is 5.19. The molecule has 0 saturated carbocycles. The molecule has 16 heavy (non-hydrogen) atoms. The minimum atomic E-state index is 0.271. The number of hydrogen-bond donors (Lipinski definition) is 2. The molecule has 0 aromatic heterocycles. The van der Waals surface area contributed by atoms with Gasteiger partial charge in [-0.05, 0) is 18.4 Å². The molecule has 0 aromatic carbocycles. The quantitative estimate of drug-likeness (QED) is 0.598. The minimum Gasteiger partial charge on any atom is -0.501 e. The Morgan fingerprint density at radius 3 is 2.94 bits per heavy atom. The second-order valence-corrected chi connectivity index (χ2v) is 6.99. The number of nitrogens with one attached hydrogen (secondary N) is 1. The number of nitrogens with two attached hydrogens (primary N) is 1. The maximum Gasteiger partial charge on any atom is 0.0876 e. The zero-order valence-electron chi connectivity index (χ0n) is 9.65. The third kappa shape index (κ3) is 2.88. The zero-order valence-corrected chi connectivity index (χ0v) is 11.3. The van der Waals surface area contributed by atoms with E-state index in [2.05, 4.69) is 12.3 Å². The molecular weight excluding hydrogens is 240 g/mol. The molecule has 92 valence electrons.